The van der Waals surface area contributed by atoms with E-state index in [0.717, 1.165) is 44.5 Å². The number of rotatable bonds is 6. The molecule has 0 amide bonds. The predicted octanol–water partition coefficient (Wildman–Crippen LogP) is 2.74. The monoisotopic (exact) mass is 472 g/mol. The fourth-order valence-electron chi connectivity index (χ4n) is 4.50. The molecule has 35 heavy (non-hydrogen) atoms. The molecule has 1 saturated carbocycles. The van der Waals surface area contributed by atoms with Gasteiger partial charge in [0.05, 0.1) is 41.5 Å². The van der Waals surface area contributed by atoms with Gasteiger partial charge in [0.15, 0.2) is 0 Å². The second kappa shape index (κ2) is 8.42. The Morgan fingerprint density at radius 1 is 1.09 bits per heavy atom. The first-order valence-corrected chi connectivity index (χ1v) is 11.9. The zero-order valence-electron chi connectivity index (χ0n) is 19.8. The summed E-state index contributed by atoms with van der Waals surface area (Å²) in [6.07, 6.45) is 14.4. The van der Waals surface area contributed by atoms with Crippen LogP contribution in [0.5, 0.6) is 0 Å². The summed E-state index contributed by atoms with van der Waals surface area (Å²) >= 11 is 0. The number of anilines is 3. The molecule has 0 bridgehead atoms. The van der Waals surface area contributed by atoms with Crippen LogP contribution in [0.4, 0.5) is 17.5 Å². The molecule has 1 aliphatic heterocycles. The lowest BCUT2D eigenvalue weighted by molar-refractivity contribution is 0.212. The molecule has 1 aliphatic carbocycles. The van der Waals surface area contributed by atoms with Gasteiger partial charge in [0.2, 0.25) is 5.95 Å². The van der Waals surface area contributed by atoms with E-state index in [2.05, 4.69) is 49.6 Å². The fraction of sp³-hybridized carbons (Fsp3) is 0.417. The molecule has 0 spiro atoms. The molecule has 4 aromatic heterocycles. The SMILES string of the molecule is CN1CCC(n2cc(Nc3nc(NC4(C)CC4)c4c(=O)n(-c5cncnc5)ccc4n3)cn2)CC1. The molecule has 2 aliphatic rings. The number of aromatic nitrogens is 7. The minimum absolute atomic E-state index is 0.0689. The topological polar surface area (TPSA) is 119 Å². The van der Waals surface area contributed by atoms with Crippen molar-refractivity contribution in [3.05, 3.63) is 53.7 Å². The summed E-state index contributed by atoms with van der Waals surface area (Å²) in [6.45, 7) is 4.27. The number of pyridine rings is 1. The van der Waals surface area contributed by atoms with Crippen LogP contribution in [0.2, 0.25) is 0 Å². The third-order valence-corrected chi connectivity index (χ3v) is 6.92. The van der Waals surface area contributed by atoms with Gasteiger partial charge in [-0.15, -0.1) is 0 Å². The quantitative estimate of drug-likeness (QED) is 0.436. The lowest BCUT2D eigenvalue weighted by Crippen LogP contribution is -2.31. The van der Waals surface area contributed by atoms with Crippen molar-refractivity contribution in [2.45, 2.75) is 44.2 Å². The molecule has 0 radical (unpaired) electrons. The van der Waals surface area contributed by atoms with Gasteiger partial charge < -0.3 is 15.5 Å². The molecule has 0 aromatic carbocycles. The van der Waals surface area contributed by atoms with Crippen molar-refractivity contribution in [3.8, 4) is 5.69 Å². The maximum absolute atomic E-state index is 13.5. The summed E-state index contributed by atoms with van der Waals surface area (Å²) in [5.41, 5.74) is 1.69. The number of hydrogen-bond acceptors (Lipinski definition) is 9. The van der Waals surface area contributed by atoms with Gasteiger partial charge in [0.25, 0.3) is 5.56 Å². The van der Waals surface area contributed by atoms with Crippen molar-refractivity contribution in [2.75, 3.05) is 30.8 Å². The van der Waals surface area contributed by atoms with E-state index in [9.17, 15) is 4.79 Å². The largest absolute Gasteiger partial charge is 0.364 e. The second-order valence-corrected chi connectivity index (χ2v) is 9.80. The Morgan fingerprint density at radius 3 is 2.60 bits per heavy atom. The maximum atomic E-state index is 13.5. The molecule has 0 unspecified atom stereocenters. The number of nitrogens with one attached hydrogen (secondary N) is 2. The van der Waals surface area contributed by atoms with Crippen LogP contribution in [0, 0.1) is 0 Å². The summed E-state index contributed by atoms with van der Waals surface area (Å²) in [6, 6.07) is 2.21. The third kappa shape index (κ3) is 4.34. The molecular weight excluding hydrogens is 444 g/mol. The average Bonchev–Trinajstić information content (AvgIpc) is 3.40. The first kappa shape index (κ1) is 21.7. The predicted molar refractivity (Wildman–Crippen MR) is 133 cm³/mol. The second-order valence-electron chi connectivity index (χ2n) is 9.80. The lowest BCUT2D eigenvalue weighted by Gasteiger charge is -2.28. The first-order valence-electron chi connectivity index (χ1n) is 11.9. The summed E-state index contributed by atoms with van der Waals surface area (Å²) in [5, 5.41) is 11.8. The van der Waals surface area contributed by atoms with E-state index in [1.165, 1.54) is 10.9 Å². The minimum atomic E-state index is -0.217. The van der Waals surface area contributed by atoms with Gasteiger partial charge in [-0.25, -0.2) is 15.0 Å². The molecule has 11 heteroatoms. The lowest BCUT2D eigenvalue weighted by atomic mass is 10.1. The average molecular weight is 473 g/mol. The first-order chi connectivity index (χ1) is 17.0. The Balaban J connectivity index is 1.35. The van der Waals surface area contributed by atoms with Gasteiger partial charge in [-0.3, -0.25) is 14.0 Å². The summed E-state index contributed by atoms with van der Waals surface area (Å²) < 4.78 is 3.55. The highest BCUT2D eigenvalue weighted by Crippen LogP contribution is 2.39. The highest BCUT2D eigenvalue weighted by molar-refractivity contribution is 5.90. The molecule has 11 nitrogen and oxygen atoms in total. The van der Waals surface area contributed by atoms with E-state index in [0.29, 0.717) is 34.4 Å². The van der Waals surface area contributed by atoms with E-state index >= 15 is 0 Å². The number of fused-ring (bicyclic) bond motifs is 1. The zero-order chi connectivity index (χ0) is 24.0. The molecular formula is C24H28N10O. The smallest absolute Gasteiger partial charge is 0.268 e. The van der Waals surface area contributed by atoms with Crippen LogP contribution in [-0.2, 0) is 0 Å². The fourth-order valence-corrected chi connectivity index (χ4v) is 4.50. The molecule has 2 fully saturated rings. The Bertz CT molecular complexity index is 1420. The normalized spacial score (nSPS) is 18.0. The van der Waals surface area contributed by atoms with Crippen LogP contribution in [0.3, 0.4) is 0 Å². The molecule has 6 rings (SSSR count). The van der Waals surface area contributed by atoms with Gasteiger partial charge in [0.1, 0.15) is 17.5 Å². The molecule has 0 atom stereocenters. The Hall–Kier alpha value is -3.86. The molecule has 180 valence electrons. The van der Waals surface area contributed by atoms with Crippen LogP contribution < -0.4 is 16.2 Å². The van der Waals surface area contributed by atoms with Gasteiger partial charge >= 0.3 is 0 Å². The minimum Gasteiger partial charge on any atom is -0.364 e. The van der Waals surface area contributed by atoms with E-state index in [1.54, 1.807) is 24.8 Å². The van der Waals surface area contributed by atoms with Crippen LogP contribution in [0.1, 0.15) is 38.6 Å². The standard InChI is InChI=1S/C24H28N10O/c1-24(6-7-24)31-21-20-19(5-10-33(22(20)35)18-12-25-15-26-13-18)29-23(30-21)28-16-11-27-34(14-16)17-3-8-32(2)9-4-17/h5,10-15,17H,3-4,6-9H2,1-2H3,(H2,28,29,30,31). The van der Waals surface area contributed by atoms with E-state index < -0.39 is 0 Å². The van der Waals surface area contributed by atoms with Crippen LogP contribution in [0.25, 0.3) is 16.6 Å². The third-order valence-electron chi connectivity index (χ3n) is 6.92. The highest BCUT2D eigenvalue weighted by atomic mass is 16.1. The maximum Gasteiger partial charge on any atom is 0.268 e. The number of likely N-dealkylation sites (tertiary alicyclic amines) is 1. The summed E-state index contributed by atoms with van der Waals surface area (Å²) in [7, 11) is 2.15. The van der Waals surface area contributed by atoms with Crippen LogP contribution in [-0.4, -0.2) is 64.9 Å². The Morgan fingerprint density at radius 2 is 1.86 bits per heavy atom. The Labute approximate surface area is 202 Å². The van der Waals surface area contributed by atoms with Crippen LogP contribution >= 0.6 is 0 Å². The van der Waals surface area contributed by atoms with E-state index in [-0.39, 0.29) is 11.1 Å². The van der Waals surface area contributed by atoms with E-state index in [4.69, 9.17) is 4.98 Å². The van der Waals surface area contributed by atoms with Crippen molar-refractivity contribution < 1.29 is 0 Å². The molecule has 2 N–H and O–H groups in total. The summed E-state index contributed by atoms with van der Waals surface area (Å²) in [4.78, 5) is 33.3. The van der Waals surface area contributed by atoms with Gasteiger partial charge in [-0.2, -0.15) is 10.1 Å². The summed E-state index contributed by atoms with van der Waals surface area (Å²) in [5.74, 6) is 0.948. The highest BCUT2D eigenvalue weighted by Gasteiger charge is 2.38. The zero-order valence-corrected chi connectivity index (χ0v) is 19.8. The van der Waals surface area contributed by atoms with Crippen molar-refractivity contribution >= 4 is 28.4 Å². The van der Waals surface area contributed by atoms with Crippen molar-refractivity contribution in [3.63, 3.8) is 0 Å². The molecule has 1 saturated heterocycles. The van der Waals surface area contributed by atoms with Gasteiger partial charge in [0, 0.05) is 17.9 Å². The number of piperidine rings is 1. The molecule has 4 aromatic rings. The van der Waals surface area contributed by atoms with Gasteiger partial charge in [-0.05, 0) is 58.8 Å². The molecule has 5 heterocycles. The van der Waals surface area contributed by atoms with Gasteiger partial charge in [-0.1, -0.05) is 0 Å². The number of hydrogen-bond donors (Lipinski definition) is 2. The Kier molecular flexibility index (Phi) is 5.21. The number of nitrogens with zero attached hydrogens (tertiary/aromatic N) is 8. The van der Waals surface area contributed by atoms with Crippen molar-refractivity contribution in [2.24, 2.45) is 0 Å². The van der Waals surface area contributed by atoms with Crippen molar-refractivity contribution in [1.29, 1.82) is 0 Å². The van der Waals surface area contributed by atoms with Crippen molar-refractivity contribution in [1.82, 2.24) is 39.2 Å². The van der Waals surface area contributed by atoms with Crippen LogP contribution in [0.15, 0.2) is 48.2 Å². The van der Waals surface area contributed by atoms with E-state index in [1.807, 2.05) is 16.9 Å².